The van der Waals surface area contributed by atoms with Gasteiger partial charge in [-0.2, -0.15) is 0 Å². The van der Waals surface area contributed by atoms with Crippen molar-refractivity contribution in [3.05, 3.63) is 312 Å². The van der Waals surface area contributed by atoms with Gasteiger partial charge >= 0.3 is 0 Å². The molecular weight excluding hydrogens is 973 g/mol. The second-order valence-electron chi connectivity index (χ2n) is 21.2. The molecule has 79 heavy (non-hydrogen) atoms. The number of fused-ring (bicyclic) bond motifs is 4. The number of rotatable bonds is 10. The molecule has 2 atom stereocenters. The first kappa shape index (κ1) is 48.2. The average Bonchev–Trinajstić information content (AvgIpc) is 3.68. The van der Waals surface area contributed by atoms with Gasteiger partial charge in [-0.3, -0.25) is 0 Å². The lowest BCUT2D eigenvalue weighted by molar-refractivity contribution is 0.868. The molecule has 2 nitrogen and oxygen atoms in total. The van der Waals surface area contributed by atoms with E-state index >= 15 is 0 Å². The van der Waals surface area contributed by atoms with Crippen LogP contribution in [0.3, 0.4) is 0 Å². The Kier molecular flexibility index (Phi) is 12.6. The minimum atomic E-state index is 0.201. The Hall–Kier alpha value is -9.15. The van der Waals surface area contributed by atoms with Crippen molar-refractivity contribution in [1.82, 2.24) is 0 Å². The molecule has 2 unspecified atom stereocenters. The second-order valence-corrected chi connectivity index (χ2v) is 22.3. The molecule has 0 saturated heterocycles. The zero-order chi connectivity index (χ0) is 52.8. The van der Waals surface area contributed by atoms with Crippen LogP contribution in [0.2, 0.25) is 0 Å². The average molecular weight is 1030 g/mol. The maximum Gasteiger partial charge on any atom is 0.0601 e. The molecule has 3 aliphatic rings. The van der Waals surface area contributed by atoms with Crippen LogP contribution in [-0.2, 0) is 0 Å². The van der Waals surface area contributed by atoms with E-state index in [-0.39, 0.29) is 11.8 Å². The van der Waals surface area contributed by atoms with Crippen LogP contribution in [0.1, 0.15) is 58.1 Å². The van der Waals surface area contributed by atoms with Gasteiger partial charge in [0.2, 0.25) is 0 Å². The highest BCUT2D eigenvalue weighted by Gasteiger charge is 2.29. The van der Waals surface area contributed by atoms with Gasteiger partial charge in [-0.25, -0.2) is 0 Å². The van der Waals surface area contributed by atoms with Crippen molar-refractivity contribution >= 4 is 78.6 Å². The minimum Gasteiger partial charge on any atom is -0.310 e. The summed E-state index contributed by atoms with van der Waals surface area (Å²) in [6.07, 6.45) is 16.0. The fraction of sp³-hybridized carbons (Fsp3) is 0.0789. The molecule has 378 valence electrons. The van der Waals surface area contributed by atoms with E-state index in [1.807, 2.05) is 11.8 Å². The Balaban J connectivity index is 0.995. The van der Waals surface area contributed by atoms with Crippen LogP contribution in [0, 0.1) is 13.8 Å². The predicted octanol–water partition coefficient (Wildman–Crippen LogP) is 21.6. The van der Waals surface area contributed by atoms with Gasteiger partial charge in [-0.15, -0.1) is 0 Å². The normalized spacial score (nSPS) is 15.6. The Labute approximate surface area is 468 Å². The Morgan fingerprint density at radius 2 is 0.823 bits per heavy atom. The van der Waals surface area contributed by atoms with Crippen LogP contribution < -0.4 is 9.80 Å². The largest absolute Gasteiger partial charge is 0.310 e. The third-order valence-corrected chi connectivity index (χ3v) is 17.6. The summed E-state index contributed by atoms with van der Waals surface area (Å²) in [5, 5.41) is 5.03. The fourth-order valence-electron chi connectivity index (χ4n) is 12.5. The summed E-state index contributed by atoms with van der Waals surface area (Å²) in [5.74, 6) is 0.402. The lowest BCUT2D eigenvalue weighted by atomic mass is 9.78. The van der Waals surface area contributed by atoms with Gasteiger partial charge in [0.1, 0.15) is 0 Å². The van der Waals surface area contributed by atoms with Gasteiger partial charge in [0.05, 0.1) is 11.4 Å². The third kappa shape index (κ3) is 9.00. The maximum atomic E-state index is 2.51. The van der Waals surface area contributed by atoms with Crippen LogP contribution in [-0.4, -0.2) is 0 Å². The summed E-state index contributed by atoms with van der Waals surface area (Å²) in [4.78, 5) is 7.48. The number of hydrogen-bond donors (Lipinski definition) is 0. The molecule has 11 aromatic carbocycles. The maximum absolute atomic E-state index is 2.51. The van der Waals surface area contributed by atoms with E-state index < -0.39 is 0 Å². The molecule has 0 bridgehead atoms. The highest BCUT2D eigenvalue weighted by molar-refractivity contribution is 7.99. The summed E-state index contributed by atoms with van der Waals surface area (Å²) in [7, 11) is 0. The lowest BCUT2D eigenvalue weighted by Gasteiger charge is -2.33. The number of nitrogens with zero attached hydrogens (tertiary/aromatic N) is 2. The van der Waals surface area contributed by atoms with Gasteiger partial charge in [-0.1, -0.05) is 230 Å². The molecule has 14 rings (SSSR count). The van der Waals surface area contributed by atoms with Crippen molar-refractivity contribution in [2.24, 2.45) is 0 Å². The van der Waals surface area contributed by atoms with Gasteiger partial charge < -0.3 is 9.80 Å². The molecule has 0 amide bonds. The summed E-state index contributed by atoms with van der Waals surface area (Å²) in [5.41, 5.74) is 22.3. The Morgan fingerprint density at radius 3 is 1.33 bits per heavy atom. The molecule has 0 spiro atoms. The van der Waals surface area contributed by atoms with Gasteiger partial charge in [0, 0.05) is 44.4 Å². The molecular formula is C76H58N2S. The fourth-order valence-corrected chi connectivity index (χ4v) is 13.5. The van der Waals surface area contributed by atoms with E-state index in [2.05, 4.69) is 303 Å². The molecule has 3 heteroatoms. The Morgan fingerprint density at radius 1 is 0.392 bits per heavy atom. The van der Waals surface area contributed by atoms with E-state index in [4.69, 9.17) is 0 Å². The van der Waals surface area contributed by atoms with Crippen molar-refractivity contribution < 1.29 is 0 Å². The second kappa shape index (κ2) is 20.7. The summed E-state index contributed by atoms with van der Waals surface area (Å²) >= 11 is 1.85. The topological polar surface area (TPSA) is 6.48 Å². The van der Waals surface area contributed by atoms with Gasteiger partial charge in [-0.05, 0) is 176 Å². The summed E-state index contributed by atoms with van der Waals surface area (Å²) < 4.78 is 0. The quantitative estimate of drug-likeness (QED) is 0.126. The summed E-state index contributed by atoms with van der Waals surface area (Å²) in [6, 6.07) is 90.0. The van der Waals surface area contributed by atoms with Gasteiger partial charge in [0.25, 0.3) is 0 Å². The molecule has 0 N–H and O–H groups in total. The van der Waals surface area contributed by atoms with E-state index in [1.165, 1.54) is 121 Å². The van der Waals surface area contributed by atoms with Gasteiger partial charge in [0.15, 0.2) is 0 Å². The monoisotopic (exact) mass is 1030 g/mol. The van der Waals surface area contributed by atoms with E-state index in [0.717, 1.165) is 24.2 Å². The summed E-state index contributed by atoms with van der Waals surface area (Å²) in [6.45, 7) is 4.46. The minimum absolute atomic E-state index is 0.201. The number of hydrogen-bond acceptors (Lipinski definition) is 3. The van der Waals surface area contributed by atoms with Crippen LogP contribution in [0.25, 0.3) is 54.9 Å². The zero-order valence-corrected chi connectivity index (χ0v) is 45.2. The van der Waals surface area contributed by atoms with Crippen molar-refractivity contribution in [1.29, 1.82) is 0 Å². The number of benzene rings is 11. The first-order chi connectivity index (χ1) is 39.0. The van der Waals surface area contributed by atoms with Crippen LogP contribution in [0.15, 0.2) is 289 Å². The van der Waals surface area contributed by atoms with Crippen LogP contribution in [0.4, 0.5) is 34.1 Å². The van der Waals surface area contributed by atoms with Crippen LogP contribution >= 0.6 is 11.8 Å². The van der Waals surface area contributed by atoms with Crippen molar-refractivity contribution in [2.75, 3.05) is 9.80 Å². The molecule has 0 fully saturated rings. The number of allylic oxidation sites excluding steroid dienone is 8. The smallest absolute Gasteiger partial charge is 0.0601 e. The number of para-hydroxylation sites is 4. The standard InChI is InChI=1S/C76H58N2S/c1-51-19-9-11-29-69(51)77(70-30-12-10-20-52(70)2)63-43-45-65-67(49-63)75(61-27-17-25-59(47-61)57-39-35-55(36-40-57)53-21-5-3-6-22-53)66-46-44-64(78-71-31-13-15-33-73(71)79-74-34-16-14-32-72(74)78)50-68(66)76(65)62-28-18-26-60(48-62)58-41-37-56(38-42-58)54-23-7-4-8-24-54/h3-46,49-50,59-60H,47-48H2,1-2H3. The first-order valence-electron chi connectivity index (χ1n) is 27.7. The highest BCUT2D eigenvalue weighted by Crippen LogP contribution is 2.54. The number of aryl methyl sites for hydroxylation is 2. The van der Waals surface area contributed by atoms with Crippen molar-refractivity contribution in [3.63, 3.8) is 0 Å². The van der Waals surface area contributed by atoms with E-state index in [9.17, 15) is 0 Å². The third-order valence-electron chi connectivity index (χ3n) is 16.4. The molecule has 1 heterocycles. The molecule has 0 radical (unpaired) electrons. The first-order valence-corrected chi connectivity index (χ1v) is 28.5. The predicted molar refractivity (Wildman–Crippen MR) is 337 cm³/mol. The molecule has 11 aromatic rings. The molecule has 2 aliphatic carbocycles. The lowest BCUT2D eigenvalue weighted by Crippen LogP contribution is -2.15. The SMILES string of the molecule is Cc1ccccc1N(c1ccc2c(C3=CC=CC(c4ccc(-c5ccccc5)cc4)C3)c3cc(N4c5ccccc5Sc5ccccc54)ccc3c(C3=CC=CC(c4ccc(-c5ccccc5)cc4)C3)c2c1)c1ccccc1C. The van der Waals surface area contributed by atoms with Crippen LogP contribution in [0.5, 0.6) is 0 Å². The highest BCUT2D eigenvalue weighted by atomic mass is 32.2. The molecule has 0 aromatic heterocycles. The van der Waals surface area contributed by atoms with E-state index in [0.29, 0.717) is 0 Å². The van der Waals surface area contributed by atoms with Crippen molar-refractivity contribution in [2.45, 2.75) is 48.3 Å². The molecule has 0 saturated carbocycles. The Bertz CT molecular complexity index is 4150. The number of anilines is 6. The van der Waals surface area contributed by atoms with E-state index in [1.54, 1.807) is 0 Å². The van der Waals surface area contributed by atoms with Crippen molar-refractivity contribution in [3.8, 4) is 22.3 Å². The zero-order valence-electron chi connectivity index (χ0n) is 44.4. The molecule has 1 aliphatic heterocycles.